The normalized spacial score (nSPS) is 10.8. The molecule has 1 heterocycles. The largest absolute Gasteiger partial charge is 0.349 e. The van der Waals surface area contributed by atoms with Crippen molar-refractivity contribution in [1.82, 2.24) is 10.3 Å². The summed E-state index contributed by atoms with van der Waals surface area (Å²) >= 11 is 3.68. The summed E-state index contributed by atoms with van der Waals surface area (Å²) in [5.74, 6) is 1.09. The molecule has 0 unspecified atom stereocenters. The van der Waals surface area contributed by atoms with E-state index in [1.165, 1.54) is 9.77 Å². The minimum Gasteiger partial charge on any atom is -0.349 e. The molecule has 0 atom stereocenters. The van der Waals surface area contributed by atoms with E-state index in [1.54, 1.807) is 11.3 Å². The van der Waals surface area contributed by atoms with E-state index in [-0.39, 0.29) is 0 Å². The molecule has 0 radical (unpaired) electrons. The van der Waals surface area contributed by atoms with Gasteiger partial charge in [-0.3, -0.25) is 0 Å². The van der Waals surface area contributed by atoms with Gasteiger partial charge in [-0.25, -0.2) is 4.98 Å². The van der Waals surface area contributed by atoms with Crippen molar-refractivity contribution in [2.24, 2.45) is 0 Å². The van der Waals surface area contributed by atoms with Crippen LogP contribution in [0.2, 0.25) is 0 Å². The zero-order chi connectivity index (χ0) is 14.9. The molecule has 0 saturated carbocycles. The first-order chi connectivity index (χ1) is 10.3. The standard InChI is InChI=1S/C16H23N3S2/c1-3-19(4-2)16-18-13-15(21-16)12-17-10-11-20-14-8-6-5-7-9-14/h5-9,13,17H,3-4,10-12H2,1-2H3. The summed E-state index contributed by atoms with van der Waals surface area (Å²) in [6.07, 6.45) is 2.00. The molecule has 0 aliphatic rings. The van der Waals surface area contributed by atoms with E-state index >= 15 is 0 Å². The Kier molecular flexibility index (Phi) is 7.06. The molecule has 3 nitrogen and oxygen atoms in total. The van der Waals surface area contributed by atoms with Crippen LogP contribution in [0, 0.1) is 0 Å². The van der Waals surface area contributed by atoms with Crippen molar-refractivity contribution < 1.29 is 0 Å². The van der Waals surface area contributed by atoms with Gasteiger partial charge in [-0.15, -0.1) is 23.1 Å². The molecular weight excluding hydrogens is 298 g/mol. The molecule has 1 aromatic carbocycles. The Labute approximate surface area is 135 Å². The Morgan fingerprint density at radius 3 is 2.67 bits per heavy atom. The van der Waals surface area contributed by atoms with Crippen LogP contribution in [-0.4, -0.2) is 30.4 Å². The Balaban J connectivity index is 1.67. The van der Waals surface area contributed by atoms with E-state index < -0.39 is 0 Å². The number of nitrogens with zero attached hydrogens (tertiary/aromatic N) is 2. The molecule has 1 N–H and O–H groups in total. The summed E-state index contributed by atoms with van der Waals surface area (Å²) in [5, 5.41) is 4.63. The Morgan fingerprint density at radius 1 is 1.19 bits per heavy atom. The number of nitrogens with one attached hydrogen (secondary N) is 1. The fraction of sp³-hybridized carbons (Fsp3) is 0.438. The fourth-order valence-electron chi connectivity index (χ4n) is 1.99. The lowest BCUT2D eigenvalue weighted by Gasteiger charge is -2.16. The van der Waals surface area contributed by atoms with Crippen molar-refractivity contribution >= 4 is 28.2 Å². The van der Waals surface area contributed by atoms with Gasteiger partial charge in [-0.1, -0.05) is 18.2 Å². The van der Waals surface area contributed by atoms with Gasteiger partial charge in [0.25, 0.3) is 0 Å². The first kappa shape index (κ1) is 16.3. The Hall–Kier alpha value is -1.04. The van der Waals surface area contributed by atoms with E-state index in [0.29, 0.717) is 0 Å². The average Bonchev–Trinajstić information content (AvgIpc) is 2.98. The molecule has 0 amide bonds. The molecule has 0 aliphatic heterocycles. The van der Waals surface area contributed by atoms with Gasteiger partial charge in [0.1, 0.15) is 0 Å². The highest BCUT2D eigenvalue weighted by Gasteiger charge is 2.07. The van der Waals surface area contributed by atoms with Gasteiger partial charge in [0, 0.05) is 47.9 Å². The van der Waals surface area contributed by atoms with Gasteiger partial charge < -0.3 is 10.2 Å². The maximum Gasteiger partial charge on any atom is 0.185 e. The average molecular weight is 322 g/mol. The van der Waals surface area contributed by atoms with E-state index in [2.05, 4.69) is 59.4 Å². The number of benzene rings is 1. The van der Waals surface area contributed by atoms with Crippen molar-refractivity contribution in [1.29, 1.82) is 0 Å². The van der Waals surface area contributed by atoms with Crippen LogP contribution in [0.4, 0.5) is 5.13 Å². The summed E-state index contributed by atoms with van der Waals surface area (Å²) in [4.78, 5) is 9.44. The Morgan fingerprint density at radius 2 is 1.95 bits per heavy atom. The number of thioether (sulfide) groups is 1. The number of anilines is 1. The zero-order valence-corrected chi connectivity index (χ0v) is 14.3. The number of hydrogen-bond acceptors (Lipinski definition) is 5. The minimum absolute atomic E-state index is 0.911. The summed E-state index contributed by atoms with van der Waals surface area (Å²) in [5.41, 5.74) is 0. The molecule has 0 aliphatic carbocycles. The van der Waals surface area contributed by atoms with E-state index in [0.717, 1.165) is 37.1 Å². The third kappa shape index (κ3) is 5.34. The SMILES string of the molecule is CCN(CC)c1ncc(CNCCSc2ccccc2)s1. The number of hydrogen-bond donors (Lipinski definition) is 1. The van der Waals surface area contributed by atoms with Crippen LogP contribution in [0.25, 0.3) is 0 Å². The lowest BCUT2D eigenvalue weighted by Crippen LogP contribution is -2.21. The second-order valence-corrected chi connectivity index (χ2v) is 6.88. The van der Waals surface area contributed by atoms with Crippen molar-refractivity contribution in [2.45, 2.75) is 25.3 Å². The van der Waals surface area contributed by atoms with Gasteiger partial charge >= 0.3 is 0 Å². The molecule has 114 valence electrons. The first-order valence-corrected chi connectivity index (χ1v) is 9.22. The molecule has 21 heavy (non-hydrogen) atoms. The summed E-state index contributed by atoms with van der Waals surface area (Å²) in [6.45, 7) is 8.30. The molecule has 0 bridgehead atoms. The molecular formula is C16H23N3S2. The maximum atomic E-state index is 4.50. The van der Waals surface area contributed by atoms with Crippen LogP contribution in [0.3, 0.4) is 0 Å². The van der Waals surface area contributed by atoms with Gasteiger partial charge in [0.2, 0.25) is 0 Å². The predicted molar refractivity (Wildman–Crippen MR) is 94.5 cm³/mol. The van der Waals surface area contributed by atoms with E-state index in [9.17, 15) is 0 Å². The van der Waals surface area contributed by atoms with Crippen LogP contribution in [-0.2, 0) is 6.54 Å². The zero-order valence-electron chi connectivity index (χ0n) is 12.7. The summed E-state index contributed by atoms with van der Waals surface area (Å²) < 4.78 is 0. The van der Waals surface area contributed by atoms with Crippen LogP contribution in [0.5, 0.6) is 0 Å². The number of aromatic nitrogens is 1. The highest BCUT2D eigenvalue weighted by Crippen LogP contribution is 2.22. The van der Waals surface area contributed by atoms with Crippen molar-refractivity contribution in [3.63, 3.8) is 0 Å². The minimum atomic E-state index is 0.911. The van der Waals surface area contributed by atoms with E-state index in [4.69, 9.17) is 0 Å². The predicted octanol–water partition coefficient (Wildman–Crippen LogP) is 3.87. The molecule has 0 saturated heterocycles. The number of rotatable bonds is 9. The van der Waals surface area contributed by atoms with Crippen molar-refractivity contribution in [3.8, 4) is 0 Å². The molecule has 2 rings (SSSR count). The van der Waals surface area contributed by atoms with Crippen LogP contribution in [0.1, 0.15) is 18.7 Å². The highest BCUT2D eigenvalue weighted by molar-refractivity contribution is 7.99. The van der Waals surface area contributed by atoms with Crippen LogP contribution >= 0.6 is 23.1 Å². The monoisotopic (exact) mass is 321 g/mol. The highest BCUT2D eigenvalue weighted by atomic mass is 32.2. The van der Waals surface area contributed by atoms with Crippen LogP contribution < -0.4 is 10.2 Å². The summed E-state index contributed by atoms with van der Waals surface area (Å²) in [6, 6.07) is 10.5. The second kappa shape index (κ2) is 9.07. The molecule has 0 spiro atoms. The third-order valence-electron chi connectivity index (χ3n) is 3.17. The van der Waals surface area contributed by atoms with Gasteiger partial charge in [-0.05, 0) is 26.0 Å². The smallest absolute Gasteiger partial charge is 0.185 e. The van der Waals surface area contributed by atoms with Crippen LogP contribution in [0.15, 0.2) is 41.4 Å². The lowest BCUT2D eigenvalue weighted by molar-refractivity contribution is 0.739. The molecule has 5 heteroatoms. The maximum absolute atomic E-state index is 4.50. The van der Waals surface area contributed by atoms with Gasteiger partial charge in [-0.2, -0.15) is 0 Å². The Bertz CT molecular complexity index is 509. The second-order valence-electron chi connectivity index (χ2n) is 4.62. The van der Waals surface area contributed by atoms with Gasteiger partial charge in [0.15, 0.2) is 5.13 Å². The van der Waals surface area contributed by atoms with Crippen molar-refractivity contribution in [2.75, 3.05) is 30.3 Å². The molecule has 1 aromatic heterocycles. The van der Waals surface area contributed by atoms with E-state index in [1.807, 2.05) is 18.0 Å². The topological polar surface area (TPSA) is 28.2 Å². The fourth-order valence-corrected chi connectivity index (χ4v) is 3.83. The lowest BCUT2D eigenvalue weighted by atomic mass is 10.4. The quantitative estimate of drug-likeness (QED) is 0.560. The first-order valence-electron chi connectivity index (χ1n) is 7.41. The van der Waals surface area contributed by atoms with Gasteiger partial charge in [0.05, 0.1) is 0 Å². The number of thiazole rings is 1. The van der Waals surface area contributed by atoms with Crippen molar-refractivity contribution in [3.05, 3.63) is 41.4 Å². The molecule has 0 fully saturated rings. The summed E-state index contributed by atoms with van der Waals surface area (Å²) in [7, 11) is 0. The third-order valence-corrected chi connectivity index (χ3v) is 5.24. The molecule has 2 aromatic rings.